The van der Waals surface area contributed by atoms with E-state index >= 15 is 0 Å². The van der Waals surface area contributed by atoms with Crippen molar-refractivity contribution in [2.75, 3.05) is 52.6 Å². The Bertz CT molecular complexity index is 627. The number of aliphatic imine (C=N–C) groups is 1. The molecule has 9 nitrogen and oxygen atoms in total. The zero-order valence-corrected chi connectivity index (χ0v) is 19.5. The van der Waals surface area contributed by atoms with Crippen molar-refractivity contribution >= 4 is 5.96 Å². The highest BCUT2D eigenvalue weighted by atomic mass is 16.5. The van der Waals surface area contributed by atoms with E-state index in [0.29, 0.717) is 18.5 Å². The van der Waals surface area contributed by atoms with Gasteiger partial charge in [-0.1, -0.05) is 13.8 Å². The topological polar surface area (TPSA) is 88.8 Å². The summed E-state index contributed by atoms with van der Waals surface area (Å²) in [5, 5.41) is 15.4. The molecule has 0 spiro atoms. The fourth-order valence-electron chi connectivity index (χ4n) is 3.50. The van der Waals surface area contributed by atoms with Crippen molar-refractivity contribution in [1.82, 2.24) is 30.3 Å². The molecule has 0 bridgehead atoms. The summed E-state index contributed by atoms with van der Waals surface area (Å²) in [5.74, 6) is 3.20. The molecule has 0 amide bonds. The van der Waals surface area contributed by atoms with Crippen LogP contribution in [0.4, 0.5) is 0 Å². The molecule has 2 heterocycles. The summed E-state index contributed by atoms with van der Waals surface area (Å²) in [7, 11) is 1.97. The van der Waals surface area contributed by atoms with Crippen LogP contribution in [0.5, 0.6) is 0 Å². The number of nitrogens with one attached hydrogen (secondary N) is 2. The first-order chi connectivity index (χ1) is 14.5. The Labute approximate surface area is 181 Å². The van der Waals surface area contributed by atoms with Crippen LogP contribution >= 0.6 is 0 Å². The first kappa shape index (κ1) is 24.6. The molecular weight excluding hydrogens is 382 g/mol. The summed E-state index contributed by atoms with van der Waals surface area (Å²) in [6, 6.07) is 0.460. The minimum Gasteiger partial charge on any atom is -0.382 e. The first-order valence-electron chi connectivity index (χ1n) is 11.3. The number of morpholine rings is 1. The van der Waals surface area contributed by atoms with Gasteiger partial charge >= 0.3 is 0 Å². The molecule has 1 aromatic heterocycles. The van der Waals surface area contributed by atoms with E-state index in [1.54, 1.807) is 0 Å². The van der Waals surface area contributed by atoms with Gasteiger partial charge < -0.3 is 24.7 Å². The Morgan fingerprint density at radius 1 is 1.23 bits per heavy atom. The van der Waals surface area contributed by atoms with Gasteiger partial charge in [-0.15, -0.1) is 10.2 Å². The van der Waals surface area contributed by atoms with Crippen LogP contribution in [0.2, 0.25) is 0 Å². The van der Waals surface area contributed by atoms with Crippen molar-refractivity contribution in [3.8, 4) is 0 Å². The molecule has 0 saturated carbocycles. The van der Waals surface area contributed by atoms with E-state index in [1.165, 1.54) is 0 Å². The average molecular weight is 424 g/mol. The van der Waals surface area contributed by atoms with Crippen LogP contribution in [-0.4, -0.2) is 84.3 Å². The molecule has 1 aliphatic rings. The van der Waals surface area contributed by atoms with Crippen molar-refractivity contribution in [1.29, 1.82) is 0 Å². The molecule has 30 heavy (non-hydrogen) atoms. The van der Waals surface area contributed by atoms with Gasteiger partial charge in [0.15, 0.2) is 11.8 Å². The zero-order valence-electron chi connectivity index (χ0n) is 19.5. The van der Waals surface area contributed by atoms with Crippen LogP contribution < -0.4 is 10.6 Å². The Morgan fingerprint density at radius 3 is 2.63 bits per heavy atom. The standard InChI is InChI=1S/C21H41N7O2/c1-6-29-11-7-8-22-21(24-16-20-26-25-18(4)27(20)5)23-15-19(14-17(2)3)28-9-12-30-13-10-28/h17,19H,6-16H2,1-5H3,(H2,22,23,24). The van der Waals surface area contributed by atoms with E-state index in [4.69, 9.17) is 14.5 Å². The van der Waals surface area contributed by atoms with Gasteiger partial charge in [-0.05, 0) is 32.6 Å². The summed E-state index contributed by atoms with van der Waals surface area (Å²) < 4.78 is 13.0. The quantitative estimate of drug-likeness (QED) is 0.298. The van der Waals surface area contributed by atoms with Gasteiger partial charge in [0.1, 0.15) is 12.4 Å². The van der Waals surface area contributed by atoms with Gasteiger partial charge in [-0.2, -0.15) is 0 Å². The number of guanidine groups is 1. The van der Waals surface area contributed by atoms with Crippen molar-refractivity contribution < 1.29 is 9.47 Å². The maximum atomic E-state index is 5.54. The summed E-state index contributed by atoms with van der Waals surface area (Å²) in [6.07, 6.45) is 2.09. The molecule has 0 aliphatic carbocycles. The lowest BCUT2D eigenvalue weighted by Crippen LogP contribution is -2.51. The van der Waals surface area contributed by atoms with E-state index in [2.05, 4.69) is 39.6 Å². The van der Waals surface area contributed by atoms with Crippen molar-refractivity contribution in [2.45, 2.75) is 53.1 Å². The Balaban J connectivity index is 1.97. The highest BCUT2D eigenvalue weighted by Crippen LogP contribution is 2.13. The summed E-state index contributed by atoms with van der Waals surface area (Å²) in [4.78, 5) is 7.31. The second-order valence-electron chi connectivity index (χ2n) is 8.18. The van der Waals surface area contributed by atoms with Crippen molar-refractivity contribution in [3.63, 3.8) is 0 Å². The van der Waals surface area contributed by atoms with Crippen molar-refractivity contribution in [3.05, 3.63) is 11.6 Å². The summed E-state index contributed by atoms with van der Waals surface area (Å²) in [5.41, 5.74) is 0. The molecule has 172 valence electrons. The maximum absolute atomic E-state index is 5.54. The van der Waals surface area contributed by atoms with Gasteiger partial charge in [-0.25, -0.2) is 4.99 Å². The van der Waals surface area contributed by atoms with E-state index in [-0.39, 0.29) is 0 Å². The molecule has 1 aromatic rings. The first-order valence-corrected chi connectivity index (χ1v) is 11.3. The van der Waals surface area contributed by atoms with Crippen molar-refractivity contribution in [2.24, 2.45) is 18.0 Å². The molecule has 2 rings (SSSR count). The van der Waals surface area contributed by atoms with Gasteiger partial charge in [0.2, 0.25) is 0 Å². The van der Waals surface area contributed by atoms with Crippen LogP contribution in [0, 0.1) is 12.8 Å². The number of ether oxygens (including phenoxy) is 2. The molecule has 1 fully saturated rings. The maximum Gasteiger partial charge on any atom is 0.191 e. The summed E-state index contributed by atoms with van der Waals surface area (Å²) in [6.45, 7) is 15.8. The zero-order chi connectivity index (χ0) is 21.8. The number of nitrogens with zero attached hydrogens (tertiary/aromatic N) is 5. The number of rotatable bonds is 12. The minimum absolute atomic E-state index is 0.460. The highest BCUT2D eigenvalue weighted by Gasteiger charge is 2.22. The average Bonchev–Trinajstić information content (AvgIpc) is 3.06. The lowest BCUT2D eigenvalue weighted by molar-refractivity contribution is 0.0132. The van der Waals surface area contributed by atoms with Crippen LogP contribution in [0.3, 0.4) is 0 Å². The molecule has 9 heteroatoms. The lowest BCUT2D eigenvalue weighted by Gasteiger charge is -2.35. The van der Waals surface area contributed by atoms with Gasteiger partial charge in [-0.3, -0.25) is 4.90 Å². The van der Waals surface area contributed by atoms with E-state index < -0.39 is 0 Å². The SMILES string of the molecule is CCOCCCNC(=NCc1nnc(C)n1C)NCC(CC(C)C)N1CCOCC1. The fraction of sp³-hybridized carbons (Fsp3) is 0.857. The van der Waals surface area contributed by atoms with E-state index in [9.17, 15) is 0 Å². The Kier molecular flexibility index (Phi) is 11.1. The normalized spacial score (nSPS) is 16.8. The smallest absolute Gasteiger partial charge is 0.191 e. The van der Waals surface area contributed by atoms with Crippen LogP contribution in [0.1, 0.15) is 45.3 Å². The third kappa shape index (κ3) is 8.57. The Morgan fingerprint density at radius 2 is 2.00 bits per heavy atom. The molecule has 1 unspecified atom stereocenters. The predicted octanol–water partition coefficient (Wildman–Crippen LogP) is 1.33. The molecule has 0 radical (unpaired) electrons. The second kappa shape index (κ2) is 13.6. The van der Waals surface area contributed by atoms with E-state index in [0.717, 1.165) is 83.1 Å². The molecule has 1 aliphatic heterocycles. The minimum atomic E-state index is 0.460. The molecule has 0 aromatic carbocycles. The van der Waals surface area contributed by atoms with Crippen LogP contribution in [-0.2, 0) is 23.1 Å². The third-order valence-corrected chi connectivity index (χ3v) is 5.33. The molecular formula is C21H41N7O2. The number of hydrogen-bond donors (Lipinski definition) is 2. The second-order valence-corrected chi connectivity index (χ2v) is 8.18. The number of hydrogen-bond acceptors (Lipinski definition) is 6. The highest BCUT2D eigenvalue weighted by molar-refractivity contribution is 5.79. The molecule has 2 N–H and O–H groups in total. The molecule has 1 atom stereocenters. The van der Waals surface area contributed by atoms with Gasteiger partial charge in [0, 0.05) is 52.5 Å². The Hall–Kier alpha value is -1.71. The predicted molar refractivity (Wildman–Crippen MR) is 120 cm³/mol. The largest absolute Gasteiger partial charge is 0.382 e. The lowest BCUT2D eigenvalue weighted by atomic mass is 10.0. The fourth-order valence-corrected chi connectivity index (χ4v) is 3.50. The number of aryl methyl sites for hydroxylation is 1. The summed E-state index contributed by atoms with van der Waals surface area (Å²) >= 11 is 0. The molecule has 1 saturated heterocycles. The monoisotopic (exact) mass is 423 g/mol. The third-order valence-electron chi connectivity index (χ3n) is 5.33. The number of aromatic nitrogens is 3. The van der Waals surface area contributed by atoms with Gasteiger partial charge in [0.25, 0.3) is 0 Å². The van der Waals surface area contributed by atoms with E-state index in [1.807, 2.05) is 25.5 Å². The van der Waals surface area contributed by atoms with Crippen LogP contribution in [0.25, 0.3) is 0 Å². The van der Waals surface area contributed by atoms with Gasteiger partial charge in [0.05, 0.1) is 13.2 Å². The van der Waals surface area contributed by atoms with Crippen LogP contribution in [0.15, 0.2) is 4.99 Å².